The molecule has 0 heterocycles. The van der Waals surface area contributed by atoms with E-state index in [2.05, 4.69) is 0 Å². The van der Waals surface area contributed by atoms with Crippen molar-refractivity contribution in [2.75, 3.05) is 5.75 Å². The maximum atomic E-state index is 12.3. The lowest BCUT2D eigenvalue weighted by molar-refractivity contribution is -0.154. The number of carbonyl (C=O) groups is 2. The molecule has 0 aromatic heterocycles. The van der Waals surface area contributed by atoms with Crippen molar-refractivity contribution in [3.63, 3.8) is 0 Å². The van der Waals surface area contributed by atoms with Crippen molar-refractivity contribution in [2.24, 2.45) is 5.73 Å². The molecule has 0 amide bonds. The Bertz CT molecular complexity index is 499. The molecule has 0 aliphatic carbocycles. The molecule has 0 saturated heterocycles. The van der Waals surface area contributed by atoms with E-state index in [1.165, 1.54) is 0 Å². The van der Waals surface area contributed by atoms with Gasteiger partial charge in [-0.3, -0.25) is 9.59 Å². The van der Waals surface area contributed by atoms with E-state index in [4.69, 9.17) is 15.6 Å². The fraction of sp³-hybridized carbons (Fsp3) is 0.500. The number of aliphatic carboxylic acids is 1. The summed E-state index contributed by atoms with van der Waals surface area (Å²) in [5, 5.41) is 8.12. The molecule has 0 bridgehead atoms. The second-order valence-electron chi connectivity index (χ2n) is 6.01. The Hall–Kier alpha value is -1.53. The maximum absolute atomic E-state index is 12.3. The minimum Gasteiger partial charge on any atom is -0.481 e. The van der Waals surface area contributed by atoms with Gasteiger partial charge in [-0.15, -0.1) is 11.8 Å². The minimum absolute atomic E-state index is 0.188. The van der Waals surface area contributed by atoms with Crippen LogP contribution < -0.4 is 5.73 Å². The molecule has 6 heteroatoms. The van der Waals surface area contributed by atoms with E-state index in [1.54, 1.807) is 20.8 Å². The molecule has 22 heavy (non-hydrogen) atoms. The number of hydrogen-bond acceptors (Lipinski definition) is 5. The third-order valence-corrected chi connectivity index (χ3v) is 4.04. The number of hydrogen-bond donors (Lipinski definition) is 2. The summed E-state index contributed by atoms with van der Waals surface area (Å²) in [6.45, 7) is 5.31. The topological polar surface area (TPSA) is 89.6 Å². The predicted octanol–water partition coefficient (Wildman–Crippen LogP) is 2.08. The summed E-state index contributed by atoms with van der Waals surface area (Å²) in [6, 6.07) is 9.03. The molecule has 0 saturated carbocycles. The molecule has 3 N–H and O–H groups in total. The van der Waals surface area contributed by atoms with Gasteiger partial charge in [0.1, 0.15) is 10.9 Å². The Kier molecular flexibility index (Phi) is 6.90. The molecular weight excluding hydrogens is 302 g/mol. The first-order valence-corrected chi connectivity index (χ1v) is 8.09. The Morgan fingerprint density at radius 1 is 1.27 bits per heavy atom. The Morgan fingerprint density at radius 2 is 1.86 bits per heavy atom. The highest BCUT2D eigenvalue weighted by Crippen LogP contribution is 2.21. The van der Waals surface area contributed by atoms with Crippen LogP contribution in [-0.4, -0.2) is 39.7 Å². The van der Waals surface area contributed by atoms with Crippen LogP contribution in [0.25, 0.3) is 0 Å². The highest BCUT2D eigenvalue weighted by molar-refractivity contribution is 8.01. The summed E-state index contributed by atoms with van der Waals surface area (Å²) in [5.41, 5.74) is 6.51. The van der Waals surface area contributed by atoms with Gasteiger partial charge in [-0.25, -0.2) is 0 Å². The summed E-state index contributed by atoms with van der Waals surface area (Å²) in [7, 11) is 0. The lowest BCUT2D eigenvalue weighted by atomic mass is 10.0. The number of carbonyl (C=O) groups excluding carboxylic acids is 1. The maximum Gasteiger partial charge on any atom is 0.321 e. The number of ether oxygens (including phenoxy) is 1. The van der Waals surface area contributed by atoms with Crippen molar-refractivity contribution in [1.82, 2.24) is 0 Å². The van der Waals surface area contributed by atoms with E-state index in [9.17, 15) is 9.59 Å². The van der Waals surface area contributed by atoms with Gasteiger partial charge in [0, 0.05) is 6.04 Å². The van der Waals surface area contributed by atoms with Gasteiger partial charge in [-0.05, 0) is 32.8 Å². The number of benzene rings is 1. The fourth-order valence-corrected chi connectivity index (χ4v) is 2.73. The molecule has 1 aromatic carbocycles. The SMILES string of the molecule is CC(C)(C)OC(=O)C(SCC(=O)O)C(N)Cc1ccccc1. The second kappa shape index (κ2) is 8.19. The summed E-state index contributed by atoms with van der Waals surface area (Å²) >= 11 is 1.01. The molecule has 0 radical (unpaired) electrons. The van der Waals surface area contributed by atoms with Gasteiger partial charge in [0.2, 0.25) is 0 Å². The molecule has 122 valence electrons. The second-order valence-corrected chi connectivity index (χ2v) is 7.14. The first-order valence-electron chi connectivity index (χ1n) is 7.05. The molecule has 0 fully saturated rings. The number of rotatable bonds is 7. The van der Waals surface area contributed by atoms with Gasteiger partial charge < -0.3 is 15.6 Å². The van der Waals surface area contributed by atoms with Crippen molar-refractivity contribution >= 4 is 23.7 Å². The Balaban J connectivity index is 2.79. The molecule has 0 aliphatic heterocycles. The monoisotopic (exact) mass is 325 g/mol. The number of carboxylic acid groups (broad SMARTS) is 1. The standard InChI is InChI=1S/C16H23NO4S/c1-16(2,3)21-15(20)14(22-10-13(18)19)12(17)9-11-7-5-4-6-8-11/h4-8,12,14H,9-10,17H2,1-3H3,(H,18,19). The number of esters is 1. The van der Waals surface area contributed by atoms with Gasteiger partial charge in [-0.2, -0.15) is 0 Å². The molecular formula is C16H23NO4S. The van der Waals surface area contributed by atoms with Gasteiger partial charge >= 0.3 is 11.9 Å². The highest BCUT2D eigenvalue weighted by atomic mass is 32.2. The molecule has 1 rings (SSSR count). The average molecular weight is 325 g/mol. The molecule has 2 atom stereocenters. The zero-order chi connectivity index (χ0) is 16.8. The predicted molar refractivity (Wildman–Crippen MR) is 87.8 cm³/mol. The number of carboxylic acids is 1. The fourth-order valence-electron chi connectivity index (χ4n) is 1.88. The largest absolute Gasteiger partial charge is 0.481 e. The van der Waals surface area contributed by atoms with Crippen LogP contribution in [0.2, 0.25) is 0 Å². The molecule has 0 spiro atoms. The van der Waals surface area contributed by atoms with Crippen LogP contribution >= 0.6 is 11.8 Å². The minimum atomic E-state index is -0.981. The van der Waals surface area contributed by atoms with Gasteiger partial charge in [0.05, 0.1) is 5.75 Å². The lowest BCUT2D eigenvalue weighted by Crippen LogP contribution is -2.43. The first kappa shape index (κ1) is 18.5. The summed E-state index contributed by atoms with van der Waals surface area (Å²) in [6.07, 6.45) is 0.484. The van der Waals surface area contributed by atoms with Crippen LogP contribution in [0.4, 0.5) is 0 Å². The quantitative estimate of drug-likeness (QED) is 0.746. The smallest absolute Gasteiger partial charge is 0.321 e. The van der Waals surface area contributed by atoms with Gasteiger partial charge in [-0.1, -0.05) is 30.3 Å². The van der Waals surface area contributed by atoms with E-state index >= 15 is 0 Å². The molecule has 5 nitrogen and oxygen atoms in total. The first-order chi connectivity index (χ1) is 10.2. The van der Waals surface area contributed by atoms with Crippen LogP contribution in [0.5, 0.6) is 0 Å². The average Bonchev–Trinajstić information content (AvgIpc) is 2.37. The van der Waals surface area contributed by atoms with Crippen LogP contribution in [0, 0.1) is 0 Å². The van der Waals surface area contributed by atoms with E-state index in [-0.39, 0.29) is 5.75 Å². The molecule has 2 unspecified atom stereocenters. The van der Waals surface area contributed by atoms with Crippen molar-refractivity contribution in [3.05, 3.63) is 35.9 Å². The van der Waals surface area contributed by atoms with E-state index in [0.29, 0.717) is 6.42 Å². The lowest BCUT2D eigenvalue weighted by Gasteiger charge is -2.26. The third-order valence-electron chi connectivity index (χ3n) is 2.73. The normalized spacial score (nSPS) is 14.2. The zero-order valence-electron chi connectivity index (χ0n) is 13.1. The van der Waals surface area contributed by atoms with E-state index < -0.39 is 28.8 Å². The number of nitrogens with two attached hydrogens (primary N) is 1. The number of thioether (sulfide) groups is 1. The summed E-state index contributed by atoms with van der Waals surface area (Å²) < 4.78 is 5.36. The van der Waals surface area contributed by atoms with Gasteiger partial charge in [0.25, 0.3) is 0 Å². The van der Waals surface area contributed by atoms with Crippen molar-refractivity contribution in [1.29, 1.82) is 0 Å². The summed E-state index contributed by atoms with van der Waals surface area (Å²) in [5.74, 6) is -1.64. The van der Waals surface area contributed by atoms with Crippen molar-refractivity contribution < 1.29 is 19.4 Å². The van der Waals surface area contributed by atoms with E-state index in [0.717, 1.165) is 17.3 Å². The van der Waals surface area contributed by atoms with Crippen LogP contribution in [0.3, 0.4) is 0 Å². The van der Waals surface area contributed by atoms with Crippen molar-refractivity contribution in [3.8, 4) is 0 Å². The van der Waals surface area contributed by atoms with Crippen LogP contribution in [0.1, 0.15) is 26.3 Å². The summed E-state index contributed by atoms with van der Waals surface area (Å²) in [4.78, 5) is 23.1. The molecule has 1 aromatic rings. The zero-order valence-corrected chi connectivity index (χ0v) is 13.9. The highest BCUT2D eigenvalue weighted by Gasteiger charge is 2.31. The Morgan fingerprint density at radius 3 is 2.36 bits per heavy atom. The van der Waals surface area contributed by atoms with Crippen LogP contribution in [-0.2, 0) is 20.7 Å². The molecule has 0 aliphatic rings. The van der Waals surface area contributed by atoms with E-state index in [1.807, 2.05) is 30.3 Å². The van der Waals surface area contributed by atoms with Crippen LogP contribution in [0.15, 0.2) is 30.3 Å². The third kappa shape index (κ3) is 6.95. The van der Waals surface area contributed by atoms with Crippen molar-refractivity contribution in [2.45, 2.75) is 44.1 Å². The van der Waals surface area contributed by atoms with Gasteiger partial charge in [0.15, 0.2) is 0 Å². The Labute approximate surface area is 135 Å².